The number of rotatable bonds is 2. The summed E-state index contributed by atoms with van der Waals surface area (Å²) >= 11 is 0. The van der Waals surface area contributed by atoms with Gasteiger partial charge in [-0.05, 0) is 12.8 Å². The average Bonchev–Trinajstić information content (AvgIpc) is 2.33. The molecule has 0 aromatic carbocycles. The minimum atomic E-state index is -1.01. The Morgan fingerprint density at radius 2 is 1.77 bits per heavy atom. The summed E-state index contributed by atoms with van der Waals surface area (Å²) in [6.45, 7) is -0.375. The molecule has 0 aromatic rings. The maximum absolute atomic E-state index is 10.7. The highest BCUT2D eigenvalue weighted by Gasteiger charge is 2.22. The maximum atomic E-state index is 10.7. The van der Waals surface area contributed by atoms with Crippen molar-refractivity contribution in [2.45, 2.75) is 44.6 Å². The van der Waals surface area contributed by atoms with Crippen molar-refractivity contribution >= 4 is 6.09 Å². The van der Waals surface area contributed by atoms with E-state index in [9.17, 15) is 4.79 Å². The number of aliphatic hydroxyl groups excluding tert-OH is 1. The van der Waals surface area contributed by atoms with Gasteiger partial charge in [-0.25, -0.2) is 4.79 Å². The number of nitrogens with zero attached hydrogens (tertiary/aromatic N) is 1. The van der Waals surface area contributed by atoms with Gasteiger partial charge in [-0.15, -0.1) is 0 Å². The van der Waals surface area contributed by atoms with Crippen LogP contribution in [0.2, 0.25) is 0 Å². The molecule has 0 radical (unpaired) electrons. The first-order valence-corrected chi connectivity index (χ1v) is 4.86. The molecule has 1 amide bonds. The zero-order valence-electron chi connectivity index (χ0n) is 7.78. The molecule has 0 unspecified atom stereocenters. The van der Waals surface area contributed by atoms with E-state index in [1.807, 2.05) is 0 Å². The quantitative estimate of drug-likeness (QED) is 0.510. The fraction of sp³-hybridized carbons (Fsp3) is 0.889. The van der Waals surface area contributed by atoms with Crippen LogP contribution in [0.3, 0.4) is 0 Å². The van der Waals surface area contributed by atoms with Crippen molar-refractivity contribution in [2.75, 3.05) is 6.73 Å². The van der Waals surface area contributed by atoms with Gasteiger partial charge in [0.15, 0.2) is 0 Å². The van der Waals surface area contributed by atoms with Crippen molar-refractivity contribution in [3.8, 4) is 0 Å². The van der Waals surface area contributed by atoms with E-state index >= 15 is 0 Å². The molecule has 4 nitrogen and oxygen atoms in total. The van der Waals surface area contributed by atoms with Crippen molar-refractivity contribution in [2.24, 2.45) is 0 Å². The minimum absolute atomic E-state index is 0.0324. The summed E-state index contributed by atoms with van der Waals surface area (Å²) in [5.74, 6) is 0. The van der Waals surface area contributed by atoms with E-state index < -0.39 is 6.09 Å². The third kappa shape index (κ3) is 2.88. The molecule has 1 aliphatic rings. The molecule has 0 bridgehead atoms. The van der Waals surface area contributed by atoms with Gasteiger partial charge in [0.25, 0.3) is 0 Å². The van der Waals surface area contributed by atoms with Gasteiger partial charge in [0, 0.05) is 6.04 Å². The van der Waals surface area contributed by atoms with Crippen LogP contribution in [0.15, 0.2) is 0 Å². The minimum Gasteiger partial charge on any atom is -0.465 e. The smallest absolute Gasteiger partial charge is 0.409 e. The first-order valence-electron chi connectivity index (χ1n) is 4.86. The predicted octanol–water partition coefficient (Wildman–Crippen LogP) is 1.64. The summed E-state index contributed by atoms with van der Waals surface area (Å²) in [5.41, 5.74) is 0. The molecule has 4 heteroatoms. The van der Waals surface area contributed by atoms with E-state index in [0.717, 1.165) is 30.6 Å². The van der Waals surface area contributed by atoms with Gasteiger partial charge in [0.2, 0.25) is 0 Å². The summed E-state index contributed by atoms with van der Waals surface area (Å²) < 4.78 is 0. The number of amides is 1. The molecule has 0 aromatic heterocycles. The molecule has 0 saturated heterocycles. The Morgan fingerprint density at radius 1 is 1.23 bits per heavy atom. The molecule has 0 heterocycles. The fourth-order valence-electron chi connectivity index (χ4n) is 1.90. The van der Waals surface area contributed by atoms with Crippen molar-refractivity contribution in [1.82, 2.24) is 4.90 Å². The Bertz CT molecular complexity index is 164. The van der Waals surface area contributed by atoms with Gasteiger partial charge in [-0.1, -0.05) is 25.7 Å². The molecular weight excluding hydrogens is 170 g/mol. The van der Waals surface area contributed by atoms with Crippen LogP contribution in [-0.4, -0.2) is 34.0 Å². The molecule has 1 rings (SSSR count). The van der Waals surface area contributed by atoms with Crippen LogP contribution >= 0.6 is 0 Å². The van der Waals surface area contributed by atoms with Gasteiger partial charge in [-0.3, -0.25) is 4.90 Å². The lowest BCUT2D eigenvalue weighted by Gasteiger charge is -2.26. The van der Waals surface area contributed by atoms with Crippen molar-refractivity contribution in [1.29, 1.82) is 0 Å². The van der Waals surface area contributed by atoms with Crippen molar-refractivity contribution in [3.63, 3.8) is 0 Å². The lowest BCUT2D eigenvalue weighted by molar-refractivity contribution is 0.0577. The van der Waals surface area contributed by atoms with Crippen molar-refractivity contribution in [3.05, 3.63) is 0 Å². The largest absolute Gasteiger partial charge is 0.465 e. The second-order valence-electron chi connectivity index (χ2n) is 3.54. The van der Waals surface area contributed by atoms with E-state index in [-0.39, 0.29) is 12.8 Å². The third-order valence-electron chi connectivity index (χ3n) is 2.66. The second kappa shape index (κ2) is 5.07. The maximum Gasteiger partial charge on any atom is 0.409 e. The van der Waals surface area contributed by atoms with E-state index in [1.165, 1.54) is 12.8 Å². The summed E-state index contributed by atoms with van der Waals surface area (Å²) in [6.07, 6.45) is 5.32. The van der Waals surface area contributed by atoms with Crippen LogP contribution in [0.25, 0.3) is 0 Å². The Hall–Kier alpha value is -0.770. The topological polar surface area (TPSA) is 60.8 Å². The van der Waals surface area contributed by atoms with Crippen LogP contribution in [0, 0.1) is 0 Å². The highest BCUT2D eigenvalue weighted by atomic mass is 16.4. The molecular formula is C9H17NO3. The first-order chi connectivity index (χ1) is 6.25. The fourth-order valence-corrected chi connectivity index (χ4v) is 1.90. The zero-order valence-corrected chi connectivity index (χ0v) is 7.78. The zero-order chi connectivity index (χ0) is 9.68. The van der Waals surface area contributed by atoms with Gasteiger partial charge in [-0.2, -0.15) is 0 Å². The lowest BCUT2D eigenvalue weighted by Crippen LogP contribution is -2.39. The SMILES string of the molecule is O=C(O)N(CO)C1CCCCCC1. The molecule has 1 aliphatic carbocycles. The Kier molecular flexibility index (Phi) is 4.02. The normalized spacial score (nSPS) is 19.5. The monoisotopic (exact) mass is 187 g/mol. The Labute approximate surface area is 78.2 Å². The Balaban J connectivity index is 2.50. The van der Waals surface area contributed by atoms with Crippen LogP contribution in [0.5, 0.6) is 0 Å². The molecule has 2 N–H and O–H groups in total. The summed E-state index contributed by atoms with van der Waals surface area (Å²) in [5, 5.41) is 17.7. The summed E-state index contributed by atoms with van der Waals surface area (Å²) in [4.78, 5) is 11.9. The number of hydrogen-bond donors (Lipinski definition) is 2. The average molecular weight is 187 g/mol. The summed E-state index contributed by atoms with van der Waals surface area (Å²) in [7, 11) is 0. The molecule has 1 fully saturated rings. The van der Waals surface area contributed by atoms with Crippen LogP contribution in [0.1, 0.15) is 38.5 Å². The number of carbonyl (C=O) groups is 1. The lowest BCUT2D eigenvalue weighted by atomic mass is 10.1. The van der Waals surface area contributed by atoms with E-state index in [4.69, 9.17) is 10.2 Å². The molecule has 76 valence electrons. The van der Waals surface area contributed by atoms with E-state index in [2.05, 4.69) is 0 Å². The molecule has 0 aliphatic heterocycles. The van der Waals surface area contributed by atoms with Gasteiger partial charge in [0.05, 0.1) is 0 Å². The second-order valence-corrected chi connectivity index (χ2v) is 3.54. The predicted molar refractivity (Wildman–Crippen MR) is 48.4 cm³/mol. The molecule has 0 atom stereocenters. The molecule has 0 spiro atoms. The number of aliphatic hydroxyl groups is 1. The highest BCUT2D eigenvalue weighted by Crippen LogP contribution is 2.21. The van der Waals surface area contributed by atoms with E-state index in [1.54, 1.807) is 0 Å². The van der Waals surface area contributed by atoms with Gasteiger partial charge >= 0.3 is 6.09 Å². The van der Waals surface area contributed by atoms with Gasteiger partial charge in [0.1, 0.15) is 6.73 Å². The van der Waals surface area contributed by atoms with Crippen LogP contribution < -0.4 is 0 Å². The van der Waals surface area contributed by atoms with Gasteiger partial charge < -0.3 is 10.2 Å². The Morgan fingerprint density at radius 3 is 2.15 bits per heavy atom. The first kappa shape index (κ1) is 10.3. The third-order valence-corrected chi connectivity index (χ3v) is 2.66. The number of carboxylic acid groups (broad SMARTS) is 1. The summed E-state index contributed by atoms with van der Waals surface area (Å²) in [6, 6.07) is 0.0324. The van der Waals surface area contributed by atoms with E-state index in [0.29, 0.717) is 0 Å². The standard InChI is InChI=1S/C9H17NO3/c11-7-10(9(12)13)8-5-3-1-2-4-6-8/h8,11H,1-7H2,(H,12,13). The molecule has 1 saturated carbocycles. The number of hydrogen-bond acceptors (Lipinski definition) is 2. The highest BCUT2D eigenvalue weighted by molar-refractivity contribution is 5.65. The van der Waals surface area contributed by atoms with Crippen LogP contribution in [0.4, 0.5) is 4.79 Å². The van der Waals surface area contributed by atoms with Crippen LogP contribution in [-0.2, 0) is 0 Å². The molecule has 13 heavy (non-hydrogen) atoms. The van der Waals surface area contributed by atoms with Crippen molar-refractivity contribution < 1.29 is 15.0 Å².